The molecule has 0 amide bonds. The zero-order chi connectivity index (χ0) is 11.3. The van der Waals surface area contributed by atoms with Gasteiger partial charge in [0, 0.05) is 12.3 Å². The molecule has 0 aromatic heterocycles. The SMILES string of the molecule is C[Si](C)(CCCC(O)O)C1CCCCO1. The second-order valence-electron chi connectivity index (χ2n) is 5.22. The third-order valence-electron chi connectivity index (χ3n) is 3.33. The van der Waals surface area contributed by atoms with Crippen LogP contribution in [0.3, 0.4) is 0 Å². The van der Waals surface area contributed by atoms with E-state index in [0.717, 1.165) is 19.1 Å². The van der Waals surface area contributed by atoms with E-state index in [-0.39, 0.29) is 0 Å². The molecule has 0 radical (unpaired) electrons. The quantitative estimate of drug-likeness (QED) is 0.562. The first kappa shape index (κ1) is 13.2. The predicted molar refractivity (Wildman–Crippen MR) is 63.3 cm³/mol. The Balaban J connectivity index is 2.29. The van der Waals surface area contributed by atoms with Crippen molar-refractivity contribution < 1.29 is 14.9 Å². The van der Waals surface area contributed by atoms with E-state index in [4.69, 9.17) is 14.9 Å². The van der Waals surface area contributed by atoms with Crippen molar-refractivity contribution in [2.45, 2.75) is 63.3 Å². The Kier molecular flexibility index (Phi) is 5.25. The van der Waals surface area contributed by atoms with Crippen molar-refractivity contribution in [1.29, 1.82) is 0 Å². The van der Waals surface area contributed by atoms with Crippen LogP contribution in [0.5, 0.6) is 0 Å². The molecule has 0 bridgehead atoms. The first-order chi connectivity index (χ1) is 7.02. The molecule has 0 spiro atoms. The van der Waals surface area contributed by atoms with Crippen LogP contribution < -0.4 is 0 Å². The molecule has 1 rings (SSSR count). The fourth-order valence-corrected chi connectivity index (χ4v) is 5.25. The van der Waals surface area contributed by atoms with Crippen LogP contribution >= 0.6 is 0 Å². The normalized spacial score (nSPS) is 23.4. The highest BCUT2D eigenvalue weighted by Crippen LogP contribution is 2.27. The second kappa shape index (κ2) is 5.99. The molecule has 1 unspecified atom stereocenters. The molecule has 1 saturated heterocycles. The molecule has 1 aliphatic heterocycles. The molecule has 0 aromatic carbocycles. The molecule has 2 N–H and O–H groups in total. The van der Waals surface area contributed by atoms with Gasteiger partial charge in [0.15, 0.2) is 6.29 Å². The van der Waals surface area contributed by atoms with Gasteiger partial charge in [-0.25, -0.2) is 0 Å². The first-order valence-corrected chi connectivity index (χ1v) is 9.28. The summed E-state index contributed by atoms with van der Waals surface area (Å²) in [5, 5.41) is 17.6. The standard InChI is InChI=1S/C11H24O3Si/c1-15(2,9-5-6-10(12)13)11-7-3-4-8-14-11/h10-13H,3-9H2,1-2H3. The molecular formula is C11H24O3Si. The van der Waals surface area contributed by atoms with Crippen LogP contribution in [0.25, 0.3) is 0 Å². The number of rotatable bonds is 5. The third-order valence-corrected chi connectivity index (χ3v) is 7.18. The Bertz CT molecular complexity index is 177. The summed E-state index contributed by atoms with van der Waals surface area (Å²) < 4.78 is 5.84. The summed E-state index contributed by atoms with van der Waals surface area (Å²) in [6.07, 6.45) is 3.99. The van der Waals surface area contributed by atoms with Gasteiger partial charge >= 0.3 is 0 Å². The maximum absolute atomic E-state index is 8.80. The number of ether oxygens (including phenoxy) is 1. The Morgan fingerprint density at radius 2 is 2.07 bits per heavy atom. The van der Waals surface area contributed by atoms with E-state index < -0.39 is 14.4 Å². The van der Waals surface area contributed by atoms with Crippen LogP contribution in [0.2, 0.25) is 19.1 Å². The average Bonchev–Trinajstić information content (AvgIpc) is 2.18. The maximum Gasteiger partial charge on any atom is 0.151 e. The van der Waals surface area contributed by atoms with Gasteiger partial charge in [-0.15, -0.1) is 0 Å². The van der Waals surface area contributed by atoms with Crippen LogP contribution in [-0.2, 0) is 4.74 Å². The van der Waals surface area contributed by atoms with Crippen molar-refractivity contribution in [3.05, 3.63) is 0 Å². The van der Waals surface area contributed by atoms with Gasteiger partial charge in [-0.3, -0.25) is 0 Å². The topological polar surface area (TPSA) is 49.7 Å². The minimum Gasteiger partial charge on any atom is -0.382 e. The smallest absolute Gasteiger partial charge is 0.151 e. The third kappa shape index (κ3) is 4.63. The Morgan fingerprint density at radius 1 is 1.33 bits per heavy atom. The Labute approximate surface area is 93.5 Å². The molecule has 0 aromatic rings. The summed E-state index contributed by atoms with van der Waals surface area (Å²) in [6.45, 7) is 5.63. The van der Waals surface area contributed by atoms with Crippen molar-refractivity contribution in [2.75, 3.05) is 6.61 Å². The van der Waals surface area contributed by atoms with E-state index in [0.29, 0.717) is 12.1 Å². The van der Waals surface area contributed by atoms with Crippen molar-refractivity contribution in [2.24, 2.45) is 0 Å². The highest BCUT2D eigenvalue weighted by atomic mass is 28.3. The van der Waals surface area contributed by atoms with E-state index in [1.54, 1.807) is 0 Å². The highest BCUT2D eigenvalue weighted by Gasteiger charge is 2.33. The van der Waals surface area contributed by atoms with E-state index in [1.807, 2.05) is 0 Å². The zero-order valence-electron chi connectivity index (χ0n) is 9.91. The monoisotopic (exact) mass is 232 g/mol. The van der Waals surface area contributed by atoms with Crippen LogP contribution in [0.4, 0.5) is 0 Å². The van der Waals surface area contributed by atoms with Crippen LogP contribution in [0.15, 0.2) is 0 Å². The lowest BCUT2D eigenvalue weighted by Gasteiger charge is -2.35. The summed E-state index contributed by atoms with van der Waals surface area (Å²) in [4.78, 5) is 0. The summed E-state index contributed by atoms with van der Waals surface area (Å²) in [5.41, 5.74) is 0.488. The van der Waals surface area contributed by atoms with Crippen LogP contribution in [0.1, 0.15) is 32.1 Å². The maximum atomic E-state index is 8.80. The first-order valence-electron chi connectivity index (χ1n) is 6.00. The van der Waals surface area contributed by atoms with Crippen molar-refractivity contribution in [1.82, 2.24) is 0 Å². The van der Waals surface area contributed by atoms with Gasteiger partial charge in [-0.05, 0) is 25.7 Å². The molecule has 1 heterocycles. The molecule has 15 heavy (non-hydrogen) atoms. The molecule has 0 aliphatic carbocycles. The van der Waals surface area contributed by atoms with E-state index in [2.05, 4.69) is 13.1 Å². The fraction of sp³-hybridized carbons (Fsp3) is 1.00. The van der Waals surface area contributed by atoms with Crippen molar-refractivity contribution in [3.8, 4) is 0 Å². The number of aliphatic hydroxyl groups excluding tert-OH is 1. The molecular weight excluding hydrogens is 208 g/mol. The number of hydrogen-bond acceptors (Lipinski definition) is 3. The summed E-state index contributed by atoms with van der Waals surface area (Å²) in [5.74, 6) is 0. The van der Waals surface area contributed by atoms with Gasteiger partial charge in [-0.2, -0.15) is 0 Å². The Hall–Kier alpha value is 0.0969. The van der Waals surface area contributed by atoms with Crippen molar-refractivity contribution in [3.63, 3.8) is 0 Å². The second-order valence-corrected chi connectivity index (χ2v) is 10.3. The lowest BCUT2D eigenvalue weighted by molar-refractivity contribution is -0.0455. The van der Waals surface area contributed by atoms with Crippen LogP contribution in [0, 0.1) is 0 Å². The molecule has 1 fully saturated rings. The molecule has 90 valence electrons. The molecule has 4 heteroatoms. The minimum absolute atomic E-state index is 0.488. The summed E-state index contributed by atoms with van der Waals surface area (Å²) in [6, 6.07) is 1.13. The lowest BCUT2D eigenvalue weighted by Crippen LogP contribution is -2.45. The number of hydrogen-bond donors (Lipinski definition) is 2. The van der Waals surface area contributed by atoms with Crippen molar-refractivity contribution >= 4 is 8.07 Å². The number of aliphatic hydroxyl groups is 2. The van der Waals surface area contributed by atoms with Crippen LogP contribution in [-0.4, -0.2) is 36.9 Å². The largest absolute Gasteiger partial charge is 0.382 e. The fourth-order valence-electron chi connectivity index (χ4n) is 2.26. The van der Waals surface area contributed by atoms with E-state index in [1.165, 1.54) is 19.3 Å². The van der Waals surface area contributed by atoms with E-state index >= 15 is 0 Å². The van der Waals surface area contributed by atoms with Gasteiger partial charge in [0.1, 0.15) is 0 Å². The molecule has 0 saturated carbocycles. The summed E-state index contributed by atoms with van der Waals surface area (Å²) >= 11 is 0. The zero-order valence-corrected chi connectivity index (χ0v) is 10.9. The average molecular weight is 232 g/mol. The Morgan fingerprint density at radius 3 is 2.60 bits per heavy atom. The predicted octanol–water partition coefficient (Wildman–Crippen LogP) is 1.89. The minimum atomic E-state index is -1.31. The lowest BCUT2D eigenvalue weighted by atomic mass is 10.2. The summed E-state index contributed by atoms with van der Waals surface area (Å²) in [7, 11) is -1.31. The van der Waals surface area contributed by atoms with Gasteiger partial charge in [0.25, 0.3) is 0 Å². The van der Waals surface area contributed by atoms with E-state index in [9.17, 15) is 0 Å². The van der Waals surface area contributed by atoms with Gasteiger partial charge in [0.2, 0.25) is 0 Å². The highest BCUT2D eigenvalue weighted by molar-refractivity contribution is 6.78. The van der Waals surface area contributed by atoms with Gasteiger partial charge < -0.3 is 14.9 Å². The molecule has 1 aliphatic rings. The molecule has 3 nitrogen and oxygen atoms in total. The van der Waals surface area contributed by atoms with Gasteiger partial charge in [0.05, 0.1) is 8.07 Å². The molecule has 1 atom stereocenters. The van der Waals surface area contributed by atoms with Gasteiger partial charge in [-0.1, -0.05) is 25.6 Å².